The molecule has 0 spiro atoms. The Bertz CT molecular complexity index is 881. The van der Waals surface area contributed by atoms with Gasteiger partial charge in [-0.2, -0.15) is 0 Å². The second-order valence-electron chi connectivity index (χ2n) is 6.35. The molecule has 4 rings (SSSR count). The van der Waals surface area contributed by atoms with Gasteiger partial charge in [0, 0.05) is 23.7 Å². The Kier molecular flexibility index (Phi) is 4.36. The normalized spacial score (nSPS) is 14.0. The molecule has 1 N–H and O–H groups in total. The second kappa shape index (κ2) is 6.80. The standard InChI is InChI=1S/C19H20N4OS/c1-13-6-8-14(9-7-13)17-21-16(15-5-3-2-4-11-23(15)17)18(24)22-19-20-10-12-25-19/h6-10,12H,2-5,11H2,1H3,(H,20,22,24). The summed E-state index contributed by atoms with van der Waals surface area (Å²) in [4.78, 5) is 21.7. The fourth-order valence-electron chi connectivity index (χ4n) is 3.27. The molecule has 1 aromatic carbocycles. The summed E-state index contributed by atoms with van der Waals surface area (Å²) < 4.78 is 2.23. The Labute approximate surface area is 150 Å². The Morgan fingerprint density at radius 2 is 2.04 bits per heavy atom. The van der Waals surface area contributed by atoms with Crippen molar-refractivity contribution in [3.63, 3.8) is 0 Å². The maximum Gasteiger partial charge on any atom is 0.277 e. The van der Waals surface area contributed by atoms with Crippen LogP contribution in [0.3, 0.4) is 0 Å². The lowest BCUT2D eigenvalue weighted by molar-refractivity contribution is 0.102. The predicted octanol–water partition coefficient (Wildman–Crippen LogP) is 4.29. The zero-order valence-electron chi connectivity index (χ0n) is 14.2. The van der Waals surface area contributed by atoms with Gasteiger partial charge in [-0.25, -0.2) is 9.97 Å². The first-order chi connectivity index (χ1) is 12.2. The number of imidazole rings is 1. The van der Waals surface area contributed by atoms with Gasteiger partial charge in [-0.05, 0) is 26.2 Å². The first-order valence-corrected chi connectivity index (χ1v) is 9.47. The number of carbonyl (C=O) groups excluding carboxylic acids is 1. The Morgan fingerprint density at radius 1 is 1.20 bits per heavy atom. The van der Waals surface area contributed by atoms with E-state index in [2.05, 4.69) is 46.1 Å². The van der Waals surface area contributed by atoms with E-state index in [0.29, 0.717) is 10.8 Å². The zero-order valence-corrected chi connectivity index (χ0v) is 15.0. The van der Waals surface area contributed by atoms with Crippen LogP contribution in [0, 0.1) is 6.92 Å². The van der Waals surface area contributed by atoms with Crippen molar-refractivity contribution < 1.29 is 4.79 Å². The van der Waals surface area contributed by atoms with Crippen molar-refractivity contribution >= 4 is 22.4 Å². The van der Waals surface area contributed by atoms with E-state index in [1.165, 1.54) is 23.3 Å². The highest BCUT2D eigenvalue weighted by Crippen LogP contribution is 2.28. The lowest BCUT2D eigenvalue weighted by Gasteiger charge is -2.09. The number of rotatable bonds is 3. The van der Waals surface area contributed by atoms with Crippen LogP contribution in [-0.4, -0.2) is 20.4 Å². The smallest absolute Gasteiger partial charge is 0.277 e. The highest BCUT2D eigenvalue weighted by atomic mass is 32.1. The molecule has 6 heteroatoms. The number of nitrogens with one attached hydrogen (secondary N) is 1. The van der Waals surface area contributed by atoms with Crippen LogP contribution in [0.1, 0.15) is 41.0 Å². The molecular weight excluding hydrogens is 332 g/mol. The van der Waals surface area contributed by atoms with E-state index in [4.69, 9.17) is 4.98 Å². The molecule has 0 aliphatic carbocycles. The van der Waals surface area contributed by atoms with Gasteiger partial charge in [0.2, 0.25) is 0 Å². The van der Waals surface area contributed by atoms with Crippen LogP contribution in [0.5, 0.6) is 0 Å². The lowest BCUT2D eigenvalue weighted by Crippen LogP contribution is -2.15. The average molecular weight is 352 g/mol. The van der Waals surface area contributed by atoms with Gasteiger partial charge in [-0.15, -0.1) is 11.3 Å². The van der Waals surface area contributed by atoms with Gasteiger partial charge in [0.1, 0.15) is 11.5 Å². The largest absolute Gasteiger partial charge is 0.327 e. The molecule has 0 unspecified atom stereocenters. The summed E-state index contributed by atoms with van der Waals surface area (Å²) in [5.74, 6) is 0.722. The summed E-state index contributed by atoms with van der Waals surface area (Å²) in [6, 6.07) is 8.34. The molecule has 1 aliphatic rings. The minimum atomic E-state index is -0.168. The van der Waals surface area contributed by atoms with Crippen LogP contribution in [0.4, 0.5) is 5.13 Å². The number of fused-ring (bicyclic) bond motifs is 1. The monoisotopic (exact) mass is 352 g/mol. The SMILES string of the molecule is Cc1ccc(-c2nc(C(=O)Nc3nccs3)c3n2CCCCC3)cc1. The third kappa shape index (κ3) is 3.22. The van der Waals surface area contributed by atoms with Crippen molar-refractivity contribution in [3.05, 3.63) is 52.8 Å². The Balaban J connectivity index is 1.76. The second-order valence-corrected chi connectivity index (χ2v) is 7.24. The summed E-state index contributed by atoms with van der Waals surface area (Å²) in [7, 11) is 0. The molecule has 0 bridgehead atoms. The Morgan fingerprint density at radius 3 is 2.80 bits per heavy atom. The molecule has 0 saturated carbocycles. The van der Waals surface area contributed by atoms with Gasteiger partial charge in [0.25, 0.3) is 5.91 Å². The molecule has 0 fully saturated rings. The number of amides is 1. The Hall–Kier alpha value is -2.47. The predicted molar refractivity (Wildman–Crippen MR) is 100 cm³/mol. The summed E-state index contributed by atoms with van der Waals surface area (Å²) in [5, 5.41) is 5.33. The minimum absolute atomic E-state index is 0.168. The average Bonchev–Trinajstić information content (AvgIpc) is 3.17. The van der Waals surface area contributed by atoms with Crippen molar-refractivity contribution in [2.75, 3.05) is 5.32 Å². The van der Waals surface area contributed by atoms with Gasteiger partial charge in [-0.1, -0.05) is 36.2 Å². The number of hydrogen-bond acceptors (Lipinski definition) is 4. The van der Waals surface area contributed by atoms with Crippen LogP contribution in [0.25, 0.3) is 11.4 Å². The van der Waals surface area contributed by atoms with E-state index >= 15 is 0 Å². The number of thiazole rings is 1. The summed E-state index contributed by atoms with van der Waals surface area (Å²) in [6.45, 7) is 2.98. The van der Waals surface area contributed by atoms with E-state index in [1.807, 2.05) is 5.38 Å². The molecule has 25 heavy (non-hydrogen) atoms. The van der Waals surface area contributed by atoms with Gasteiger partial charge in [0.15, 0.2) is 5.13 Å². The number of carbonyl (C=O) groups is 1. The van der Waals surface area contributed by atoms with Crippen molar-refractivity contribution in [1.82, 2.24) is 14.5 Å². The van der Waals surface area contributed by atoms with E-state index in [0.717, 1.165) is 42.9 Å². The highest BCUT2D eigenvalue weighted by Gasteiger charge is 2.24. The van der Waals surface area contributed by atoms with Crippen molar-refractivity contribution in [2.24, 2.45) is 0 Å². The molecule has 5 nitrogen and oxygen atoms in total. The van der Waals surface area contributed by atoms with Gasteiger partial charge in [-0.3, -0.25) is 10.1 Å². The van der Waals surface area contributed by atoms with Gasteiger partial charge >= 0.3 is 0 Å². The van der Waals surface area contributed by atoms with Crippen molar-refractivity contribution in [2.45, 2.75) is 39.2 Å². The van der Waals surface area contributed by atoms with Crippen LogP contribution < -0.4 is 5.32 Å². The molecule has 0 radical (unpaired) electrons. The maximum absolute atomic E-state index is 12.8. The number of aromatic nitrogens is 3. The molecule has 1 amide bonds. The van der Waals surface area contributed by atoms with E-state index < -0.39 is 0 Å². The van der Waals surface area contributed by atoms with Crippen molar-refractivity contribution in [1.29, 1.82) is 0 Å². The van der Waals surface area contributed by atoms with Gasteiger partial charge in [0.05, 0.1) is 5.69 Å². The zero-order chi connectivity index (χ0) is 17.2. The molecule has 0 saturated heterocycles. The number of benzene rings is 1. The molecule has 0 atom stereocenters. The molecule has 1 aliphatic heterocycles. The number of nitrogens with zero attached hydrogens (tertiary/aromatic N) is 3. The molecule has 3 heterocycles. The third-order valence-electron chi connectivity index (χ3n) is 4.55. The molecular formula is C19H20N4OS. The number of hydrogen-bond donors (Lipinski definition) is 1. The van der Waals surface area contributed by atoms with Gasteiger partial charge < -0.3 is 4.57 Å². The lowest BCUT2D eigenvalue weighted by atomic mass is 10.1. The highest BCUT2D eigenvalue weighted by molar-refractivity contribution is 7.13. The van der Waals surface area contributed by atoms with Crippen LogP contribution in [0.15, 0.2) is 35.8 Å². The van der Waals surface area contributed by atoms with E-state index in [1.54, 1.807) is 6.20 Å². The van der Waals surface area contributed by atoms with E-state index in [-0.39, 0.29) is 5.91 Å². The van der Waals surface area contributed by atoms with E-state index in [9.17, 15) is 4.79 Å². The summed E-state index contributed by atoms with van der Waals surface area (Å²) >= 11 is 1.41. The third-order valence-corrected chi connectivity index (χ3v) is 5.23. The molecule has 128 valence electrons. The van der Waals surface area contributed by atoms with Crippen molar-refractivity contribution in [3.8, 4) is 11.4 Å². The minimum Gasteiger partial charge on any atom is -0.327 e. The number of anilines is 1. The fourth-order valence-corrected chi connectivity index (χ4v) is 3.79. The summed E-state index contributed by atoms with van der Waals surface area (Å²) in [5.41, 5.74) is 3.85. The van der Waals surface area contributed by atoms with Crippen LogP contribution >= 0.6 is 11.3 Å². The van der Waals surface area contributed by atoms with Crippen LogP contribution in [-0.2, 0) is 13.0 Å². The molecule has 3 aromatic rings. The fraction of sp³-hybridized carbons (Fsp3) is 0.316. The van der Waals surface area contributed by atoms with Crippen LogP contribution in [0.2, 0.25) is 0 Å². The molecule has 2 aromatic heterocycles. The first-order valence-electron chi connectivity index (χ1n) is 8.59. The maximum atomic E-state index is 12.8. The topological polar surface area (TPSA) is 59.8 Å². The number of aryl methyl sites for hydroxylation is 1. The first kappa shape index (κ1) is 16.0. The summed E-state index contributed by atoms with van der Waals surface area (Å²) in [6.07, 6.45) is 5.97. The quantitative estimate of drug-likeness (QED) is 0.765.